The fourth-order valence-electron chi connectivity index (χ4n) is 3.40. The molecule has 18 heavy (non-hydrogen) atoms. The molecule has 0 aromatic heterocycles. The number of nitrogens with zero attached hydrogens (tertiary/aromatic N) is 1. The van der Waals surface area contributed by atoms with E-state index >= 15 is 0 Å². The summed E-state index contributed by atoms with van der Waals surface area (Å²) in [5, 5.41) is 12.6. The van der Waals surface area contributed by atoms with Gasteiger partial charge in [-0.15, -0.1) is 0 Å². The lowest BCUT2D eigenvalue weighted by atomic mass is 9.85. The number of rotatable bonds is 6. The van der Waals surface area contributed by atoms with Gasteiger partial charge in [-0.1, -0.05) is 13.3 Å². The zero-order valence-electron chi connectivity index (χ0n) is 11.6. The van der Waals surface area contributed by atoms with E-state index in [1.807, 2.05) is 6.92 Å². The van der Waals surface area contributed by atoms with Crippen molar-refractivity contribution in [2.24, 2.45) is 5.92 Å². The van der Waals surface area contributed by atoms with Crippen molar-refractivity contribution in [1.29, 1.82) is 0 Å². The highest BCUT2D eigenvalue weighted by Gasteiger charge is 2.46. The van der Waals surface area contributed by atoms with Crippen molar-refractivity contribution in [2.45, 2.75) is 57.0 Å². The first-order valence-electron chi connectivity index (χ1n) is 7.26. The molecule has 2 unspecified atom stereocenters. The monoisotopic (exact) mass is 254 g/mol. The van der Waals surface area contributed by atoms with E-state index in [0.29, 0.717) is 6.04 Å². The molecule has 2 saturated carbocycles. The molecule has 2 atom stereocenters. The Hall–Kier alpha value is -0.610. The van der Waals surface area contributed by atoms with E-state index in [2.05, 4.69) is 17.3 Å². The molecule has 104 valence electrons. The first-order chi connectivity index (χ1) is 8.57. The first kappa shape index (κ1) is 13.8. The van der Waals surface area contributed by atoms with Gasteiger partial charge in [0.2, 0.25) is 0 Å². The van der Waals surface area contributed by atoms with Gasteiger partial charge in [-0.05, 0) is 51.6 Å². The van der Waals surface area contributed by atoms with Crippen molar-refractivity contribution in [3.8, 4) is 0 Å². The van der Waals surface area contributed by atoms with E-state index in [0.717, 1.165) is 38.3 Å². The van der Waals surface area contributed by atoms with Gasteiger partial charge >= 0.3 is 5.97 Å². The van der Waals surface area contributed by atoms with E-state index in [9.17, 15) is 9.90 Å². The molecule has 0 heterocycles. The van der Waals surface area contributed by atoms with E-state index in [1.165, 1.54) is 19.3 Å². The Labute approximate surface area is 110 Å². The molecule has 0 aromatic carbocycles. The molecule has 2 rings (SSSR count). The highest BCUT2D eigenvalue weighted by molar-refractivity contribution is 5.79. The van der Waals surface area contributed by atoms with Crippen LogP contribution in [0.25, 0.3) is 0 Å². The van der Waals surface area contributed by atoms with Crippen LogP contribution in [-0.2, 0) is 4.79 Å². The summed E-state index contributed by atoms with van der Waals surface area (Å²) < 4.78 is 0. The van der Waals surface area contributed by atoms with Crippen LogP contribution in [0.4, 0.5) is 0 Å². The lowest BCUT2D eigenvalue weighted by molar-refractivity contribution is -0.144. The molecule has 0 radical (unpaired) electrons. The Bertz CT molecular complexity index is 304. The van der Waals surface area contributed by atoms with E-state index in [-0.39, 0.29) is 0 Å². The Morgan fingerprint density at radius 1 is 1.44 bits per heavy atom. The number of nitrogens with one attached hydrogen (secondary N) is 1. The van der Waals surface area contributed by atoms with E-state index < -0.39 is 11.5 Å². The molecule has 4 nitrogen and oxygen atoms in total. The maximum absolute atomic E-state index is 11.5. The van der Waals surface area contributed by atoms with Crippen LogP contribution in [0.1, 0.15) is 45.4 Å². The van der Waals surface area contributed by atoms with Crippen LogP contribution >= 0.6 is 0 Å². The summed E-state index contributed by atoms with van der Waals surface area (Å²) in [7, 11) is 2.16. The van der Waals surface area contributed by atoms with Crippen LogP contribution in [0.15, 0.2) is 0 Å². The third-order valence-electron chi connectivity index (χ3n) is 4.81. The van der Waals surface area contributed by atoms with Gasteiger partial charge in [0.05, 0.1) is 0 Å². The zero-order chi connectivity index (χ0) is 13.2. The van der Waals surface area contributed by atoms with Crippen LogP contribution in [0.5, 0.6) is 0 Å². The van der Waals surface area contributed by atoms with Crippen molar-refractivity contribution in [3.05, 3.63) is 0 Å². The Morgan fingerprint density at radius 2 is 2.17 bits per heavy atom. The highest BCUT2D eigenvalue weighted by Crippen LogP contribution is 2.35. The number of carbonyl (C=O) groups is 1. The first-order valence-corrected chi connectivity index (χ1v) is 7.26. The van der Waals surface area contributed by atoms with Crippen molar-refractivity contribution < 1.29 is 9.90 Å². The minimum Gasteiger partial charge on any atom is -0.480 e. The van der Waals surface area contributed by atoms with Crippen molar-refractivity contribution >= 4 is 5.97 Å². The average molecular weight is 254 g/mol. The molecule has 2 N–H and O–H groups in total. The molecule has 0 aliphatic heterocycles. The number of hydrogen-bond acceptors (Lipinski definition) is 3. The van der Waals surface area contributed by atoms with E-state index in [4.69, 9.17) is 0 Å². The molecule has 2 aliphatic rings. The summed E-state index contributed by atoms with van der Waals surface area (Å²) in [6, 6.07) is 0.431. The van der Waals surface area contributed by atoms with Gasteiger partial charge in [0.1, 0.15) is 5.54 Å². The summed E-state index contributed by atoms with van der Waals surface area (Å²) in [6.45, 7) is 3.86. The second-order valence-electron chi connectivity index (χ2n) is 6.05. The van der Waals surface area contributed by atoms with Crippen molar-refractivity contribution in [1.82, 2.24) is 10.2 Å². The minimum absolute atomic E-state index is 0.431. The number of hydrogen-bond donors (Lipinski definition) is 2. The van der Waals surface area contributed by atoms with Gasteiger partial charge in [0.15, 0.2) is 0 Å². The standard InChI is InChI=1S/C14H26N2O2/c1-3-15-14(13(17)18)8-7-12(9-14)16(2)10-11-5-4-6-11/h11-12,15H,3-10H2,1-2H3,(H,17,18). The molecule has 0 aromatic rings. The van der Waals surface area contributed by atoms with Crippen LogP contribution in [0, 0.1) is 5.92 Å². The van der Waals surface area contributed by atoms with Gasteiger partial charge in [0.25, 0.3) is 0 Å². The van der Waals surface area contributed by atoms with Crippen LogP contribution in [0.2, 0.25) is 0 Å². The topological polar surface area (TPSA) is 52.6 Å². The van der Waals surface area contributed by atoms with E-state index in [1.54, 1.807) is 0 Å². The van der Waals surface area contributed by atoms with Crippen molar-refractivity contribution in [2.75, 3.05) is 20.1 Å². The maximum atomic E-state index is 11.5. The minimum atomic E-state index is -0.677. The second-order valence-corrected chi connectivity index (χ2v) is 6.05. The summed E-state index contributed by atoms with van der Waals surface area (Å²) in [4.78, 5) is 13.9. The van der Waals surface area contributed by atoms with Gasteiger partial charge < -0.3 is 15.3 Å². The second kappa shape index (κ2) is 5.57. The Balaban J connectivity index is 1.90. The zero-order valence-corrected chi connectivity index (χ0v) is 11.6. The maximum Gasteiger partial charge on any atom is 0.323 e. The van der Waals surface area contributed by atoms with Crippen LogP contribution in [-0.4, -0.2) is 47.7 Å². The summed E-state index contributed by atoms with van der Waals surface area (Å²) in [6.07, 6.45) is 6.60. The molecule has 0 bridgehead atoms. The lowest BCUT2D eigenvalue weighted by Gasteiger charge is -2.34. The predicted octanol–water partition coefficient (Wildman–Crippen LogP) is 1.70. The predicted molar refractivity (Wildman–Crippen MR) is 71.7 cm³/mol. The number of likely N-dealkylation sites (N-methyl/N-ethyl adjacent to an activating group) is 1. The fraction of sp³-hybridized carbons (Fsp3) is 0.929. The third-order valence-corrected chi connectivity index (χ3v) is 4.81. The average Bonchev–Trinajstić information content (AvgIpc) is 2.69. The molecule has 2 aliphatic carbocycles. The lowest BCUT2D eigenvalue weighted by Crippen LogP contribution is -2.51. The molecule has 2 fully saturated rings. The molecular formula is C14H26N2O2. The van der Waals surface area contributed by atoms with Crippen LogP contribution in [0.3, 0.4) is 0 Å². The van der Waals surface area contributed by atoms with Gasteiger partial charge in [-0.3, -0.25) is 4.79 Å². The quantitative estimate of drug-likeness (QED) is 0.757. The largest absolute Gasteiger partial charge is 0.480 e. The molecule has 0 saturated heterocycles. The molecular weight excluding hydrogens is 228 g/mol. The summed E-state index contributed by atoms with van der Waals surface area (Å²) in [5.74, 6) is 0.179. The normalized spacial score (nSPS) is 32.7. The Morgan fingerprint density at radius 3 is 2.67 bits per heavy atom. The van der Waals surface area contributed by atoms with Gasteiger partial charge in [-0.2, -0.15) is 0 Å². The fourth-order valence-corrected chi connectivity index (χ4v) is 3.40. The van der Waals surface area contributed by atoms with Gasteiger partial charge in [0, 0.05) is 12.6 Å². The number of carboxylic acids is 1. The molecule has 4 heteroatoms. The number of aliphatic carboxylic acids is 1. The van der Waals surface area contributed by atoms with Crippen LogP contribution < -0.4 is 5.32 Å². The molecule has 0 spiro atoms. The summed E-state index contributed by atoms with van der Waals surface area (Å²) in [5.41, 5.74) is -0.673. The summed E-state index contributed by atoms with van der Waals surface area (Å²) >= 11 is 0. The third kappa shape index (κ3) is 2.69. The Kier molecular flexibility index (Phi) is 4.28. The molecule has 0 amide bonds. The smallest absolute Gasteiger partial charge is 0.323 e. The highest BCUT2D eigenvalue weighted by atomic mass is 16.4. The number of carboxylic acid groups (broad SMARTS) is 1. The SMILES string of the molecule is CCNC1(C(=O)O)CCC(N(C)CC2CCC2)C1. The van der Waals surface area contributed by atoms with Gasteiger partial charge in [-0.25, -0.2) is 0 Å². The van der Waals surface area contributed by atoms with Crippen molar-refractivity contribution in [3.63, 3.8) is 0 Å².